The number of amides is 2. The Bertz CT molecular complexity index is 515. The van der Waals surface area contributed by atoms with Gasteiger partial charge in [-0.2, -0.15) is 0 Å². The molecule has 88 valence electrons. The van der Waals surface area contributed by atoms with Crippen LogP contribution in [0.1, 0.15) is 23.2 Å². The molecular formula is C12H11BrN2O2. The van der Waals surface area contributed by atoms with Crippen molar-refractivity contribution in [3.05, 3.63) is 28.2 Å². The van der Waals surface area contributed by atoms with Crippen molar-refractivity contribution >= 4 is 33.4 Å². The number of fused-ring (bicyclic) bond motifs is 2. The average Bonchev–Trinajstić information content (AvgIpc) is 2.73. The van der Waals surface area contributed by atoms with Crippen LogP contribution < -0.4 is 5.32 Å². The molecule has 0 spiro atoms. The molecule has 1 aromatic carbocycles. The third-order valence-corrected chi connectivity index (χ3v) is 3.96. The highest BCUT2D eigenvalue weighted by Gasteiger charge is 2.38. The summed E-state index contributed by atoms with van der Waals surface area (Å²) in [6.45, 7) is 0.664. The Kier molecular flexibility index (Phi) is 2.43. The van der Waals surface area contributed by atoms with Gasteiger partial charge in [0.1, 0.15) is 6.04 Å². The summed E-state index contributed by atoms with van der Waals surface area (Å²) in [5, 5.41) is 2.83. The minimum atomic E-state index is -0.304. The van der Waals surface area contributed by atoms with Gasteiger partial charge in [0.15, 0.2) is 0 Å². The van der Waals surface area contributed by atoms with E-state index in [-0.39, 0.29) is 17.9 Å². The molecule has 0 unspecified atom stereocenters. The third-order valence-electron chi connectivity index (χ3n) is 3.30. The van der Waals surface area contributed by atoms with Gasteiger partial charge in [-0.05, 0) is 40.9 Å². The summed E-state index contributed by atoms with van der Waals surface area (Å²) in [7, 11) is 0. The topological polar surface area (TPSA) is 49.4 Å². The van der Waals surface area contributed by atoms with Crippen molar-refractivity contribution in [1.82, 2.24) is 4.90 Å². The predicted octanol–water partition coefficient (Wildman–Crippen LogP) is 2.01. The second-order valence-electron chi connectivity index (χ2n) is 4.31. The Morgan fingerprint density at radius 1 is 1.35 bits per heavy atom. The monoisotopic (exact) mass is 294 g/mol. The predicted molar refractivity (Wildman–Crippen MR) is 66.8 cm³/mol. The largest absolute Gasteiger partial charge is 0.327 e. The van der Waals surface area contributed by atoms with Gasteiger partial charge in [0.2, 0.25) is 5.91 Å². The number of carbonyl (C=O) groups excluding carboxylic acids is 2. The zero-order valence-corrected chi connectivity index (χ0v) is 10.7. The summed E-state index contributed by atoms with van der Waals surface area (Å²) >= 11 is 3.38. The van der Waals surface area contributed by atoms with E-state index in [1.807, 2.05) is 12.1 Å². The maximum absolute atomic E-state index is 12.4. The number of nitrogens with one attached hydrogen (secondary N) is 1. The van der Waals surface area contributed by atoms with Crippen molar-refractivity contribution in [2.24, 2.45) is 0 Å². The van der Waals surface area contributed by atoms with E-state index in [2.05, 4.69) is 21.2 Å². The van der Waals surface area contributed by atoms with Crippen LogP contribution in [0, 0.1) is 0 Å². The molecule has 2 amide bonds. The molecule has 0 aliphatic carbocycles. The van der Waals surface area contributed by atoms with E-state index in [0.717, 1.165) is 17.3 Å². The molecule has 3 rings (SSSR count). The second-order valence-corrected chi connectivity index (χ2v) is 5.16. The first-order valence-electron chi connectivity index (χ1n) is 5.59. The maximum atomic E-state index is 12.4. The summed E-state index contributed by atoms with van der Waals surface area (Å²) in [5.74, 6) is -0.138. The maximum Gasteiger partial charge on any atom is 0.257 e. The molecule has 17 heavy (non-hydrogen) atoms. The first kappa shape index (κ1) is 10.8. The molecule has 0 saturated carbocycles. The molecule has 5 heteroatoms. The fourth-order valence-electron chi connectivity index (χ4n) is 2.49. The van der Waals surface area contributed by atoms with E-state index in [1.54, 1.807) is 11.0 Å². The minimum Gasteiger partial charge on any atom is -0.327 e. The second kappa shape index (κ2) is 3.84. The van der Waals surface area contributed by atoms with Gasteiger partial charge in [-0.25, -0.2) is 0 Å². The van der Waals surface area contributed by atoms with Gasteiger partial charge < -0.3 is 10.2 Å². The molecule has 2 heterocycles. The number of hydrogen-bond donors (Lipinski definition) is 1. The fraction of sp³-hybridized carbons (Fsp3) is 0.333. The quantitative estimate of drug-likeness (QED) is 0.796. The number of benzene rings is 1. The van der Waals surface area contributed by atoms with E-state index >= 15 is 0 Å². The molecule has 2 aliphatic heterocycles. The van der Waals surface area contributed by atoms with Crippen molar-refractivity contribution in [3.8, 4) is 0 Å². The number of halogens is 1. The number of nitrogens with zero attached hydrogens (tertiary/aromatic N) is 1. The molecule has 4 nitrogen and oxygen atoms in total. The van der Waals surface area contributed by atoms with Gasteiger partial charge in [-0.15, -0.1) is 0 Å². The van der Waals surface area contributed by atoms with Crippen LogP contribution in [0.2, 0.25) is 0 Å². The summed E-state index contributed by atoms with van der Waals surface area (Å²) in [6.07, 6.45) is 1.65. The summed E-state index contributed by atoms with van der Waals surface area (Å²) < 4.78 is 0.729. The first-order valence-corrected chi connectivity index (χ1v) is 6.38. The highest BCUT2D eigenvalue weighted by atomic mass is 79.9. The standard InChI is InChI=1S/C12H11BrN2O2/c13-7-3-1-4-8-10(7)12(17)15-6-2-5-9(15)11(16)14-8/h1,3-4,9H,2,5-6H2,(H,14,16)/t9-/m0/s1. The van der Waals surface area contributed by atoms with E-state index < -0.39 is 0 Å². The summed E-state index contributed by atoms with van der Waals surface area (Å²) in [6, 6.07) is 5.09. The van der Waals surface area contributed by atoms with Crippen molar-refractivity contribution in [2.75, 3.05) is 11.9 Å². The van der Waals surface area contributed by atoms with Crippen LogP contribution in [0.3, 0.4) is 0 Å². The number of anilines is 1. The van der Waals surface area contributed by atoms with E-state index in [9.17, 15) is 9.59 Å². The molecule has 1 fully saturated rings. The number of carbonyl (C=O) groups is 2. The van der Waals surface area contributed by atoms with Crippen molar-refractivity contribution < 1.29 is 9.59 Å². The lowest BCUT2D eigenvalue weighted by molar-refractivity contribution is -0.119. The zero-order valence-electron chi connectivity index (χ0n) is 9.07. The molecule has 1 saturated heterocycles. The van der Waals surface area contributed by atoms with Crippen LogP contribution in [0.25, 0.3) is 0 Å². The molecule has 1 N–H and O–H groups in total. The van der Waals surface area contributed by atoms with Crippen LogP contribution in [-0.4, -0.2) is 29.3 Å². The fourth-order valence-corrected chi connectivity index (χ4v) is 3.02. The number of rotatable bonds is 0. The van der Waals surface area contributed by atoms with Crippen molar-refractivity contribution in [2.45, 2.75) is 18.9 Å². The lowest BCUT2D eigenvalue weighted by Gasteiger charge is -2.20. The van der Waals surface area contributed by atoms with Gasteiger partial charge in [-0.1, -0.05) is 6.07 Å². The van der Waals surface area contributed by atoms with E-state index in [0.29, 0.717) is 17.8 Å². The van der Waals surface area contributed by atoms with Gasteiger partial charge >= 0.3 is 0 Å². The molecule has 2 aliphatic rings. The van der Waals surface area contributed by atoms with Crippen LogP contribution >= 0.6 is 15.9 Å². The zero-order chi connectivity index (χ0) is 12.0. The van der Waals surface area contributed by atoms with Gasteiger partial charge in [0.25, 0.3) is 5.91 Å². The van der Waals surface area contributed by atoms with E-state index in [4.69, 9.17) is 0 Å². The molecule has 1 aromatic rings. The van der Waals surface area contributed by atoms with Gasteiger partial charge in [0, 0.05) is 11.0 Å². The van der Waals surface area contributed by atoms with Gasteiger partial charge in [0.05, 0.1) is 11.3 Å². The minimum absolute atomic E-state index is 0.0617. The van der Waals surface area contributed by atoms with Crippen LogP contribution in [0.5, 0.6) is 0 Å². The molecule has 0 aromatic heterocycles. The Balaban J connectivity index is 2.16. The Morgan fingerprint density at radius 3 is 3.00 bits per heavy atom. The van der Waals surface area contributed by atoms with E-state index in [1.165, 1.54) is 0 Å². The SMILES string of the molecule is O=C1Nc2cccc(Br)c2C(=O)N2CCC[C@@H]12. The van der Waals surface area contributed by atoms with Crippen molar-refractivity contribution in [3.63, 3.8) is 0 Å². The highest BCUT2D eigenvalue weighted by Crippen LogP contribution is 2.32. The van der Waals surface area contributed by atoms with Crippen LogP contribution in [0.4, 0.5) is 5.69 Å². The average molecular weight is 295 g/mol. The molecule has 0 bridgehead atoms. The molecule has 0 radical (unpaired) electrons. The van der Waals surface area contributed by atoms with Crippen molar-refractivity contribution in [1.29, 1.82) is 0 Å². The van der Waals surface area contributed by atoms with Crippen LogP contribution in [0.15, 0.2) is 22.7 Å². The molecular weight excluding hydrogens is 284 g/mol. The Hall–Kier alpha value is -1.36. The Morgan fingerprint density at radius 2 is 2.18 bits per heavy atom. The summed E-state index contributed by atoms with van der Waals surface area (Å²) in [4.78, 5) is 26.1. The van der Waals surface area contributed by atoms with Gasteiger partial charge in [-0.3, -0.25) is 9.59 Å². The highest BCUT2D eigenvalue weighted by molar-refractivity contribution is 9.10. The molecule has 1 atom stereocenters. The number of hydrogen-bond acceptors (Lipinski definition) is 2. The lowest BCUT2D eigenvalue weighted by Crippen LogP contribution is -2.40. The smallest absolute Gasteiger partial charge is 0.257 e. The third kappa shape index (κ3) is 1.57. The summed E-state index contributed by atoms with van der Waals surface area (Å²) in [5.41, 5.74) is 1.16. The normalized spacial score (nSPS) is 22.9. The Labute approximate surface area is 107 Å². The first-order chi connectivity index (χ1) is 8.18. The van der Waals surface area contributed by atoms with Crippen LogP contribution in [-0.2, 0) is 4.79 Å². The lowest BCUT2D eigenvalue weighted by atomic mass is 10.1.